The van der Waals surface area contributed by atoms with Gasteiger partial charge >= 0.3 is 0 Å². The van der Waals surface area contributed by atoms with Crippen LogP contribution in [0.1, 0.15) is 5.56 Å². The number of hydrogen-bond acceptors (Lipinski definition) is 5. The molecule has 1 aromatic carbocycles. The molecule has 5 heteroatoms. The lowest BCUT2D eigenvalue weighted by Gasteiger charge is -2.11. The van der Waals surface area contributed by atoms with Crippen LogP contribution in [0, 0.1) is 0 Å². The van der Waals surface area contributed by atoms with Crippen LogP contribution < -0.4 is 10.1 Å². The molecule has 0 radical (unpaired) electrons. The van der Waals surface area contributed by atoms with Crippen LogP contribution in [-0.2, 0) is 6.54 Å². The van der Waals surface area contributed by atoms with E-state index in [0.29, 0.717) is 12.3 Å². The van der Waals surface area contributed by atoms with E-state index in [9.17, 15) is 0 Å². The molecular formula is C17H15N3OS. The van der Waals surface area contributed by atoms with Gasteiger partial charge in [0.05, 0.1) is 6.20 Å². The van der Waals surface area contributed by atoms with Gasteiger partial charge in [0.1, 0.15) is 11.5 Å². The van der Waals surface area contributed by atoms with E-state index in [1.165, 1.54) is 0 Å². The summed E-state index contributed by atoms with van der Waals surface area (Å²) in [6.45, 7) is 0.660. The van der Waals surface area contributed by atoms with Crippen LogP contribution in [0.25, 0.3) is 0 Å². The minimum Gasteiger partial charge on any atom is -0.456 e. The average molecular weight is 309 g/mol. The van der Waals surface area contributed by atoms with Gasteiger partial charge in [-0.2, -0.15) is 0 Å². The summed E-state index contributed by atoms with van der Waals surface area (Å²) in [6, 6.07) is 13.4. The summed E-state index contributed by atoms with van der Waals surface area (Å²) in [4.78, 5) is 8.95. The molecule has 0 unspecified atom stereocenters. The van der Waals surface area contributed by atoms with Crippen molar-refractivity contribution in [3.8, 4) is 11.5 Å². The first-order valence-corrected chi connectivity index (χ1v) is 7.30. The lowest BCUT2D eigenvalue weighted by atomic mass is 10.2. The van der Waals surface area contributed by atoms with E-state index >= 15 is 0 Å². The van der Waals surface area contributed by atoms with Crippen molar-refractivity contribution >= 4 is 18.3 Å². The maximum absolute atomic E-state index is 5.79. The summed E-state index contributed by atoms with van der Waals surface area (Å²) in [5.74, 6) is 1.47. The van der Waals surface area contributed by atoms with Crippen molar-refractivity contribution in [2.75, 3.05) is 5.32 Å². The van der Waals surface area contributed by atoms with Gasteiger partial charge in [-0.1, -0.05) is 0 Å². The molecule has 0 aliphatic rings. The van der Waals surface area contributed by atoms with Crippen LogP contribution in [0.4, 0.5) is 5.69 Å². The van der Waals surface area contributed by atoms with Crippen molar-refractivity contribution in [3.63, 3.8) is 0 Å². The number of pyridine rings is 2. The fourth-order valence-corrected chi connectivity index (χ4v) is 2.20. The standard InChI is InChI=1S/C17H15N3OS/c22-17-4-3-15(21-16-2-1-7-19-12-16)10-13(17)11-20-14-5-8-18-9-6-14/h1-10,12,22H,11H2,(H,18,20). The Bertz CT molecular complexity index is 735. The van der Waals surface area contributed by atoms with Gasteiger partial charge in [0.2, 0.25) is 0 Å². The van der Waals surface area contributed by atoms with E-state index in [2.05, 4.69) is 27.9 Å². The van der Waals surface area contributed by atoms with E-state index in [4.69, 9.17) is 4.74 Å². The first-order chi connectivity index (χ1) is 10.8. The molecule has 4 nitrogen and oxygen atoms in total. The molecule has 2 aromatic heterocycles. The zero-order chi connectivity index (χ0) is 15.2. The Morgan fingerprint density at radius 3 is 2.59 bits per heavy atom. The molecule has 2 heterocycles. The Morgan fingerprint density at radius 2 is 1.82 bits per heavy atom. The van der Waals surface area contributed by atoms with Crippen LogP contribution in [0.5, 0.6) is 11.5 Å². The Hall–Kier alpha value is -2.53. The maximum atomic E-state index is 5.79. The van der Waals surface area contributed by atoms with E-state index in [-0.39, 0.29) is 0 Å². The number of nitrogens with one attached hydrogen (secondary N) is 1. The van der Waals surface area contributed by atoms with Crippen LogP contribution in [0.15, 0.2) is 72.1 Å². The zero-order valence-corrected chi connectivity index (χ0v) is 12.7. The normalized spacial score (nSPS) is 10.2. The number of anilines is 1. The molecule has 3 rings (SSSR count). The minimum absolute atomic E-state index is 0.660. The van der Waals surface area contributed by atoms with Gasteiger partial charge < -0.3 is 10.1 Å². The first-order valence-electron chi connectivity index (χ1n) is 6.85. The molecule has 1 N–H and O–H groups in total. The number of hydrogen-bond donors (Lipinski definition) is 2. The molecule has 0 aliphatic heterocycles. The van der Waals surface area contributed by atoms with Crippen LogP contribution >= 0.6 is 12.6 Å². The second-order valence-corrected chi connectivity index (χ2v) is 5.15. The Labute approximate surface area is 134 Å². The summed E-state index contributed by atoms with van der Waals surface area (Å²) in [7, 11) is 0. The Balaban J connectivity index is 1.72. The largest absolute Gasteiger partial charge is 0.456 e. The third kappa shape index (κ3) is 3.77. The van der Waals surface area contributed by atoms with Gasteiger partial charge in [0.15, 0.2) is 0 Å². The zero-order valence-electron chi connectivity index (χ0n) is 11.8. The Morgan fingerprint density at radius 1 is 0.955 bits per heavy atom. The van der Waals surface area contributed by atoms with Crippen LogP contribution in [0.2, 0.25) is 0 Å². The molecule has 0 amide bonds. The van der Waals surface area contributed by atoms with Gasteiger partial charge in [0, 0.05) is 35.7 Å². The van der Waals surface area contributed by atoms with Gasteiger partial charge in [-0.15, -0.1) is 12.6 Å². The van der Waals surface area contributed by atoms with Crippen molar-refractivity contribution < 1.29 is 4.74 Å². The quantitative estimate of drug-likeness (QED) is 0.694. The van der Waals surface area contributed by atoms with Crippen molar-refractivity contribution in [1.82, 2.24) is 9.97 Å². The minimum atomic E-state index is 0.660. The van der Waals surface area contributed by atoms with E-state index < -0.39 is 0 Å². The Kier molecular flexibility index (Phi) is 4.56. The van der Waals surface area contributed by atoms with Gasteiger partial charge in [0.25, 0.3) is 0 Å². The SMILES string of the molecule is Sc1ccc(Oc2cccnc2)cc1CNc1ccncc1. The van der Waals surface area contributed by atoms with Crippen molar-refractivity contribution in [3.05, 3.63) is 72.8 Å². The predicted octanol–water partition coefficient (Wildman–Crippen LogP) is 4.17. The molecular weight excluding hydrogens is 294 g/mol. The highest BCUT2D eigenvalue weighted by Gasteiger charge is 2.04. The van der Waals surface area contributed by atoms with Crippen molar-refractivity contribution in [2.24, 2.45) is 0 Å². The first kappa shape index (κ1) is 14.4. The highest BCUT2D eigenvalue weighted by Crippen LogP contribution is 2.25. The van der Waals surface area contributed by atoms with Gasteiger partial charge in [-0.05, 0) is 48.0 Å². The molecule has 0 atom stereocenters. The highest BCUT2D eigenvalue weighted by atomic mass is 32.1. The van der Waals surface area contributed by atoms with Crippen LogP contribution in [-0.4, -0.2) is 9.97 Å². The second-order valence-electron chi connectivity index (χ2n) is 4.67. The maximum Gasteiger partial charge on any atom is 0.145 e. The van der Waals surface area contributed by atoms with Crippen molar-refractivity contribution in [2.45, 2.75) is 11.4 Å². The second kappa shape index (κ2) is 6.95. The van der Waals surface area contributed by atoms with Gasteiger partial charge in [-0.3, -0.25) is 9.97 Å². The highest BCUT2D eigenvalue weighted by molar-refractivity contribution is 7.80. The number of nitrogens with zero attached hydrogens (tertiary/aromatic N) is 2. The monoisotopic (exact) mass is 309 g/mol. The molecule has 22 heavy (non-hydrogen) atoms. The van der Waals surface area contributed by atoms with E-state index in [1.54, 1.807) is 24.8 Å². The summed E-state index contributed by atoms with van der Waals surface area (Å²) in [5.41, 5.74) is 2.07. The number of benzene rings is 1. The predicted molar refractivity (Wildman–Crippen MR) is 89.6 cm³/mol. The lowest BCUT2D eigenvalue weighted by Crippen LogP contribution is -2.00. The molecule has 110 valence electrons. The average Bonchev–Trinajstić information content (AvgIpc) is 2.57. The number of thiol groups is 1. The molecule has 0 saturated heterocycles. The van der Waals surface area contributed by atoms with E-state index in [0.717, 1.165) is 21.9 Å². The summed E-state index contributed by atoms with van der Waals surface area (Å²) in [6.07, 6.45) is 6.91. The molecule has 0 bridgehead atoms. The summed E-state index contributed by atoms with van der Waals surface area (Å²) < 4.78 is 5.79. The summed E-state index contributed by atoms with van der Waals surface area (Å²) in [5, 5.41) is 3.34. The number of rotatable bonds is 5. The van der Waals surface area contributed by atoms with Crippen LogP contribution in [0.3, 0.4) is 0 Å². The number of ether oxygens (including phenoxy) is 1. The fourth-order valence-electron chi connectivity index (χ4n) is 1.98. The number of aromatic nitrogens is 2. The lowest BCUT2D eigenvalue weighted by molar-refractivity contribution is 0.479. The van der Waals surface area contributed by atoms with Crippen molar-refractivity contribution in [1.29, 1.82) is 0 Å². The molecule has 0 spiro atoms. The fraction of sp³-hybridized carbons (Fsp3) is 0.0588. The smallest absolute Gasteiger partial charge is 0.145 e. The molecule has 0 saturated carbocycles. The molecule has 0 fully saturated rings. The summed E-state index contributed by atoms with van der Waals surface area (Å²) >= 11 is 4.50. The third-order valence-electron chi connectivity index (χ3n) is 3.08. The van der Waals surface area contributed by atoms with Gasteiger partial charge in [-0.25, -0.2) is 0 Å². The topological polar surface area (TPSA) is 47.0 Å². The van der Waals surface area contributed by atoms with E-state index in [1.807, 2.05) is 42.5 Å². The third-order valence-corrected chi connectivity index (χ3v) is 3.52. The molecule has 3 aromatic rings. The molecule has 0 aliphatic carbocycles.